The molecule has 0 aromatic heterocycles. The molecule has 0 saturated carbocycles. The fraction of sp³-hybridized carbons (Fsp3) is 0.462. The molecule has 0 aliphatic carbocycles. The molecule has 0 unspecified atom stereocenters. The van der Waals surface area contributed by atoms with Crippen molar-refractivity contribution in [1.82, 2.24) is 0 Å². The number of aromatic carboxylic acids is 1. The van der Waals surface area contributed by atoms with Crippen LogP contribution in [0.5, 0.6) is 0 Å². The molecule has 0 bridgehead atoms. The lowest BCUT2D eigenvalue weighted by Gasteiger charge is -2.33. The molecule has 0 atom stereocenters. The van der Waals surface area contributed by atoms with Crippen LogP contribution in [0, 0.1) is 6.92 Å². The topological polar surface area (TPSA) is 66.6 Å². The van der Waals surface area contributed by atoms with Crippen LogP contribution in [0.4, 0.5) is 5.69 Å². The van der Waals surface area contributed by atoms with Gasteiger partial charge < -0.3 is 15.7 Å². The number of nitrogens with zero attached hydrogens (tertiary/aromatic N) is 1. The number of carbonyl (C=O) groups is 1. The summed E-state index contributed by atoms with van der Waals surface area (Å²) in [6.07, 6.45) is 1.89. The van der Waals surface area contributed by atoms with Gasteiger partial charge in [-0.2, -0.15) is 0 Å². The molecule has 2 rings (SSSR count). The van der Waals surface area contributed by atoms with Crippen LogP contribution < -0.4 is 10.6 Å². The second-order valence-corrected chi connectivity index (χ2v) is 5.57. The van der Waals surface area contributed by atoms with Gasteiger partial charge in [0.2, 0.25) is 0 Å². The maximum atomic E-state index is 11.2. The Hall–Kier alpha value is -1.07. The zero-order chi connectivity index (χ0) is 13.3. The van der Waals surface area contributed by atoms with Crippen LogP contribution in [0.15, 0.2) is 16.6 Å². The number of aryl methyl sites for hydroxylation is 1. The number of benzene rings is 1. The highest BCUT2D eigenvalue weighted by molar-refractivity contribution is 9.10. The molecule has 1 saturated heterocycles. The van der Waals surface area contributed by atoms with E-state index in [1.54, 1.807) is 6.07 Å². The van der Waals surface area contributed by atoms with Gasteiger partial charge in [-0.1, -0.05) is 0 Å². The van der Waals surface area contributed by atoms with E-state index >= 15 is 0 Å². The van der Waals surface area contributed by atoms with Crippen LogP contribution in [-0.4, -0.2) is 30.2 Å². The Morgan fingerprint density at radius 3 is 2.61 bits per heavy atom. The summed E-state index contributed by atoms with van der Waals surface area (Å²) >= 11 is 3.41. The minimum Gasteiger partial charge on any atom is -0.478 e. The van der Waals surface area contributed by atoms with Gasteiger partial charge in [-0.05, 0) is 53.4 Å². The molecule has 1 aromatic carbocycles. The Balaban J connectivity index is 2.35. The minimum atomic E-state index is -0.902. The number of anilines is 1. The molecular formula is C13H17BrN2O2. The summed E-state index contributed by atoms with van der Waals surface area (Å²) in [5.41, 5.74) is 8.12. The van der Waals surface area contributed by atoms with E-state index < -0.39 is 5.97 Å². The van der Waals surface area contributed by atoms with Crippen molar-refractivity contribution in [2.75, 3.05) is 18.0 Å². The normalized spacial score (nSPS) is 16.9. The average molecular weight is 313 g/mol. The largest absolute Gasteiger partial charge is 0.478 e. The lowest BCUT2D eigenvalue weighted by atomic mass is 10.0. The first-order valence-corrected chi connectivity index (χ1v) is 6.82. The van der Waals surface area contributed by atoms with E-state index in [1.165, 1.54) is 0 Å². The van der Waals surface area contributed by atoms with Crippen molar-refractivity contribution in [3.05, 3.63) is 27.7 Å². The van der Waals surface area contributed by atoms with Crippen LogP contribution in [-0.2, 0) is 0 Å². The van der Waals surface area contributed by atoms with Gasteiger partial charge in [-0.3, -0.25) is 0 Å². The Kier molecular flexibility index (Phi) is 3.92. The van der Waals surface area contributed by atoms with Crippen molar-refractivity contribution in [1.29, 1.82) is 0 Å². The van der Waals surface area contributed by atoms with E-state index in [9.17, 15) is 9.90 Å². The van der Waals surface area contributed by atoms with Crippen LogP contribution in [0.2, 0.25) is 0 Å². The van der Waals surface area contributed by atoms with Gasteiger partial charge in [0.1, 0.15) is 0 Å². The van der Waals surface area contributed by atoms with Gasteiger partial charge in [0, 0.05) is 19.1 Å². The predicted octanol–water partition coefficient (Wildman–Crippen LogP) is 2.38. The van der Waals surface area contributed by atoms with Crippen molar-refractivity contribution in [2.45, 2.75) is 25.8 Å². The number of piperidine rings is 1. The van der Waals surface area contributed by atoms with E-state index in [0.717, 1.165) is 37.2 Å². The van der Waals surface area contributed by atoms with Gasteiger partial charge in [0.15, 0.2) is 0 Å². The average Bonchev–Trinajstić information content (AvgIpc) is 2.32. The summed E-state index contributed by atoms with van der Waals surface area (Å²) in [5, 5.41) is 9.19. The predicted molar refractivity (Wildman–Crippen MR) is 75.3 cm³/mol. The molecule has 98 valence electrons. The maximum absolute atomic E-state index is 11.2. The molecule has 1 aromatic rings. The standard InChI is InChI=1S/C13H17BrN2O2/c1-8-6-10(13(17)18)12(14)11(7-8)16-4-2-9(15)3-5-16/h6-7,9H,2-5,15H2,1H3,(H,17,18). The van der Waals surface area contributed by atoms with Crippen LogP contribution in [0.25, 0.3) is 0 Å². The molecule has 18 heavy (non-hydrogen) atoms. The number of nitrogens with two attached hydrogens (primary N) is 1. The van der Waals surface area contributed by atoms with E-state index in [0.29, 0.717) is 10.0 Å². The zero-order valence-electron chi connectivity index (χ0n) is 10.3. The maximum Gasteiger partial charge on any atom is 0.336 e. The summed E-state index contributed by atoms with van der Waals surface area (Å²) in [6.45, 7) is 3.67. The van der Waals surface area contributed by atoms with Gasteiger partial charge in [-0.15, -0.1) is 0 Å². The number of rotatable bonds is 2. The molecule has 1 fully saturated rings. The first kappa shape index (κ1) is 13.4. The number of hydrogen-bond acceptors (Lipinski definition) is 3. The Labute approximate surface area is 115 Å². The van der Waals surface area contributed by atoms with Gasteiger partial charge in [-0.25, -0.2) is 4.79 Å². The minimum absolute atomic E-state index is 0.267. The second kappa shape index (κ2) is 5.28. The zero-order valence-corrected chi connectivity index (χ0v) is 11.9. The second-order valence-electron chi connectivity index (χ2n) is 4.78. The van der Waals surface area contributed by atoms with Crippen molar-refractivity contribution >= 4 is 27.6 Å². The van der Waals surface area contributed by atoms with E-state index in [-0.39, 0.29) is 6.04 Å². The molecule has 5 heteroatoms. The number of carboxylic acid groups (broad SMARTS) is 1. The summed E-state index contributed by atoms with van der Waals surface area (Å²) in [6, 6.07) is 3.97. The third-order valence-electron chi connectivity index (χ3n) is 3.31. The molecule has 1 aliphatic heterocycles. The highest BCUT2D eigenvalue weighted by atomic mass is 79.9. The van der Waals surface area contributed by atoms with E-state index in [1.807, 2.05) is 13.0 Å². The fourth-order valence-corrected chi connectivity index (χ4v) is 2.93. The molecule has 0 radical (unpaired) electrons. The molecule has 4 nitrogen and oxygen atoms in total. The monoisotopic (exact) mass is 312 g/mol. The molecular weight excluding hydrogens is 296 g/mol. The smallest absolute Gasteiger partial charge is 0.336 e. The highest BCUT2D eigenvalue weighted by Crippen LogP contribution is 2.32. The van der Waals surface area contributed by atoms with E-state index in [2.05, 4.69) is 20.8 Å². The molecule has 3 N–H and O–H groups in total. The van der Waals surface area contributed by atoms with Gasteiger partial charge >= 0.3 is 5.97 Å². The van der Waals surface area contributed by atoms with Gasteiger partial charge in [0.25, 0.3) is 0 Å². The highest BCUT2D eigenvalue weighted by Gasteiger charge is 2.21. The third kappa shape index (κ3) is 2.67. The summed E-state index contributed by atoms with van der Waals surface area (Å²) < 4.78 is 0.663. The fourth-order valence-electron chi connectivity index (χ4n) is 2.28. The van der Waals surface area contributed by atoms with Crippen molar-refractivity contribution < 1.29 is 9.90 Å². The molecule has 0 amide bonds. The van der Waals surface area contributed by atoms with Crippen molar-refractivity contribution in [3.8, 4) is 0 Å². The summed E-state index contributed by atoms with van der Waals surface area (Å²) in [4.78, 5) is 13.4. The van der Waals surface area contributed by atoms with Crippen LogP contribution >= 0.6 is 15.9 Å². The Morgan fingerprint density at radius 1 is 1.44 bits per heavy atom. The molecule has 0 spiro atoms. The number of hydrogen-bond donors (Lipinski definition) is 2. The van der Waals surface area contributed by atoms with Crippen LogP contribution in [0.3, 0.4) is 0 Å². The summed E-state index contributed by atoms with van der Waals surface area (Å²) in [5.74, 6) is -0.902. The SMILES string of the molecule is Cc1cc(C(=O)O)c(Br)c(N2CCC(N)CC2)c1. The van der Waals surface area contributed by atoms with Crippen molar-refractivity contribution in [3.63, 3.8) is 0 Å². The Morgan fingerprint density at radius 2 is 2.06 bits per heavy atom. The molecule has 1 aliphatic rings. The number of halogens is 1. The quantitative estimate of drug-likeness (QED) is 0.880. The molecule has 1 heterocycles. The lowest BCUT2D eigenvalue weighted by Crippen LogP contribution is -2.40. The first-order chi connectivity index (χ1) is 8.49. The van der Waals surface area contributed by atoms with Crippen LogP contribution in [0.1, 0.15) is 28.8 Å². The van der Waals surface area contributed by atoms with E-state index in [4.69, 9.17) is 5.73 Å². The lowest BCUT2D eigenvalue weighted by molar-refractivity contribution is 0.0696. The first-order valence-electron chi connectivity index (χ1n) is 6.03. The summed E-state index contributed by atoms with van der Waals surface area (Å²) in [7, 11) is 0. The number of carboxylic acids is 1. The third-order valence-corrected chi connectivity index (χ3v) is 4.14. The van der Waals surface area contributed by atoms with Crippen molar-refractivity contribution in [2.24, 2.45) is 5.73 Å². The Bertz CT molecular complexity index is 468. The van der Waals surface area contributed by atoms with Gasteiger partial charge in [0.05, 0.1) is 15.7 Å².